The van der Waals surface area contributed by atoms with Crippen molar-refractivity contribution in [3.05, 3.63) is 53.6 Å². The molecule has 2 heterocycles. The maximum Gasteiger partial charge on any atom is 0.123 e. The van der Waals surface area contributed by atoms with E-state index in [2.05, 4.69) is 52.1 Å². The lowest BCUT2D eigenvalue weighted by molar-refractivity contribution is 0.241. The predicted molar refractivity (Wildman–Crippen MR) is 72.2 cm³/mol. The summed E-state index contributed by atoms with van der Waals surface area (Å²) in [6.45, 7) is 4.25. The van der Waals surface area contributed by atoms with Gasteiger partial charge >= 0.3 is 0 Å². The summed E-state index contributed by atoms with van der Waals surface area (Å²) in [6.07, 6.45) is 4.39. The third-order valence-corrected chi connectivity index (χ3v) is 3.63. The van der Waals surface area contributed by atoms with Gasteiger partial charge in [0.05, 0.1) is 6.04 Å². The van der Waals surface area contributed by atoms with E-state index >= 15 is 0 Å². The lowest BCUT2D eigenvalue weighted by Gasteiger charge is -2.22. The van der Waals surface area contributed by atoms with E-state index in [0.717, 1.165) is 18.1 Å². The maximum atomic E-state index is 4.49. The van der Waals surface area contributed by atoms with E-state index in [4.69, 9.17) is 0 Å². The van der Waals surface area contributed by atoms with Crippen molar-refractivity contribution in [1.82, 2.24) is 14.9 Å². The highest BCUT2D eigenvalue weighted by atomic mass is 15.2. The first-order chi connectivity index (χ1) is 8.83. The van der Waals surface area contributed by atoms with Crippen LogP contribution in [0.15, 0.2) is 36.5 Å². The molecule has 0 amide bonds. The molecule has 0 unspecified atom stereocenters. The zero-order chi connectivity index (χ0) is 12.4. The summed E-state index contributed by atoms with van der Waals surface area (Å²) in [6, 6.07) is 11.1. The minimum absolute atomic E-state index is 0.457. The van der Waals surface area contributed by atoms with Gasteiger partial charge in [-0.1, -0.05) is 30.3 Å². The SMILES string of the molecule is Cc1cnc([C@@H]2CCCN2Cc2ccccc2)[nH]1. The summed E-state index contributed by atoms with van der Waals surface area (Å²) >= 11 is 0. The van der Waals surface area contributed by atoms with Crippen LogP contribution in [0.3, 0.4) is 0 Å². The fourth-order valence-corrected chi connectivity index (χ4v) is 2.75. The third kappa shape index (κ3) is 2.31. The molecule has 0 aliphatic carbocycles. The highest BCUT2D eigenvalue weighted by Gasteiger charge is 2.27. The van der Waals surface area contributed by atoms with Gasteiger partial charge in [0.25, 0.3) is 0 Å². The van der Waals surface area contributed by atoms with E-state index in [9.17, 15) is 0 Å². The smallest absolute Gasteiger partial charge is 0.123 e. The fraction of sp³-hybridized carbons (Fsp3) is 0.400. The average molecular weight is 241 g/mol. The van der Waals surface area contributed by atoms with Gasteiger partial charge in [0, 0.05) is 18.4 Å². The van der Waals surface area contributed by atoms with E-state index < -0.39 is 0 Å². The lowest BCUT2D eigenvalue weighted by atomic mass is 10.2. The number of H-pyrrole nitrogens is 1. The molecule has 2 aromatic rings. The molecular weight excluding hydrogens is 222 g/mol. The molecule has 1 aliphatic heterocycles. The highest BCUT2D eigenvalue weighted by Crippen LogP contribution is 2.31. The number of aromatic nitrogens is 2. The Morgan fingerprint density at radius 3 is 2.89 bits per heavy atom. The van der Waals surface area contributed by atoms with Crippen molar-refractivity contribution in [3.8, 4) is 0 Å². The molecule has 1 N–H and O–H groups in total. The molecular formula is C15H19N3. The summed E-state index contributed by atoms with van der Waals surface area (Å²) in [5.41, 5.74) is 2.53. The summed E-state index contributed by atoms with van der Waals surface area (Å²) in [5.74, 6) is 1.13. The Kier molecular flexibility index (Phi) is 3.15. The number of nitrogens with one attached hydrogen (secondary N) is 1. The molecule has 1 fully saturated rings. The minimum Gasteiger partial charge on any atom is -0.345 e. The number of nitrogens with zero attached hydrogens (tertiary/aromatic N) is 2. The first-order valence-corrected chi connectivity index (χ1v) is 6.62. The second-order valence-corrected chi connectivity index (χ2v) is 5.07. The van der Waals surface area contributed by atoms with Gasteiger partial charge in [-0.3, -0.25) is 4.90 Å². The number of hydrogen-bond acceptors (Lipinski definition) is 2. The third-order valence-electron chi connectivity index (χ3n) is 3.63. The summed E-state index contributed by atoms with van der Waals surface area (Å²) in [7, 11) is 0. The van der Waals surface area contributed by atoms with Crippen molar-refractivity contribution in [2.75, 3.05) is 6.54 Å². The molecule has 3 heteroatoms. The number of likely N-dealkylation sites (tertiary alicyclic amines) is 1. The van der Waals surface area contributed by atoms with E-state index in [1.165, 1.54) is 24.9 Å². The molecule has 0 saturated carbocycles. The van der Waals surface area contributed by atoms with Gasteiger partial charge in [-0.05, 0) is 31.9 Å². The molecule has 1 aliphatic rings. The number of aromatic amines is 1. The Hall–Kier alpha value is -1.61. The van der Waals surface area contributed by atoms with Crippen LogP contribution in [0, 0.1) is 6.92 Å². The van der Waals surface area contributed by atoms with Crippen LogP contribution in [0.25, 0.3) is 0 Å². The van der Waals surface area contributed by atoms with Crippen molar-refractivity contribution in [2.24, 2.45) is 0 Å². The normalized spacial score (nSPS) is 20.4. The Morgan fingerprint density at radius 2 is 2.17 bits per heavy atom. The monoisotopic (exact) mass is 241 g/mol. The van der Waals surface area contributed by atoms with Crippen molar-refractivity contribution in [1.29, 1.82) is 0 Å². The molecule has 1 aromatic carbocycles. The number of aryl methyl sites for hydroxylation is 1. The molecule has 0 bridgehead atoms. The summed E-state index contributed by atoms with van der Waals surface area (Å²) < 4.78 is 0. The van der Waals surface area contributed by atoms with Crippen LogP contribution in [0.1, 0.15) is 36.0 Å². The summed E-state index contributed by atoms with van der Waals surface area (Å²) in [5, 5.41) is 0. The average Bonchev–Trinajstić information content (AvgIpc) is 2.99. The molecule has 94 valence electrons. The van der Waals surface area contributed by atoms with Crippen LogP contribution in [0.5, 0.6) is 0 Å². The Bertz CT molecular complexity index is 503. The van der Waals surface area contributed by atoms with Gasteiger partial charge in [-0.2, -0.15) is 0 Å². The molecule has 3 nitrogen and oxygen atoms in total. The van der Waals surface area contributed by atoms with Gasteiger partial charge in [0.15, 0.2) is 0 Å². The first-order valence-electron chi connectivity index (χ1n) is 6.62. The molecule has 0 radical (unpaired) electrons. The zero-order valence-electron chi connectivity index (χ0n) is 10.8. The maximum absolute atomic E-state index is 4.49. The van der Waals surface area contributed by atoms with Crippen LogP contribution < -0.4 is 0 Å². The van der Waals surface area contributed by atoms with Gasteiger partial charge in [0.2, 0.25) is 0 Å². The molecule has 1 atom stereocenters. The van der Waals surface area contributed by atoms with Gasteiger partial charge in [-0.15, -0.1) is 0 Å². The van der Waals surface area contributed by atoms with E-state index in [-0.39, 0.29) is 0 Å². The Labute approximate surface area is 108 Å². The van der Waals surface area contributed by atoms with E-state index in [1.54, 1.807) is 0 Å². The molecule has 0 spiro atoms. The quantitative estimate of drug-likeness (QED) is 0.895. The van der Waals surface area contributed by atoms with Crippen molar-refractivity contribution >= 4 is 0 Å². The fourth-order valence-electron chi connectivity index (χ4n) is 2.75. The van der Waals surface area contributed by atoms with Gasteiger partial charge in [-0.25, -0.2) is 4.98 Å². The van der Waals surface area contributed by atoms with Crippen LogP contribution in [0.4, 0.5) is 0 Å². The topological polar surface area (TPSA) is 31.9 Å². The largest absolute Gasteiger partial charge is 0.345 e. The van der Waals surface area contributed by atoms with E-state index in [1.807, 2.05) is 6.20 Å². The first kappa shape index (κ1) is 11.5. The van der Waals surface area contributed by atoms with Crippen molar-refractivity contribution in [2.45, 2.75) is 32.4 Å². The van der Waals surface area contributed by atoms with Gasteiger partial charge in [0.1, 0.15) is 5.82 Å². The second-order valence-electron chi connectivity index (χ2n) is 5.07. The number of benzene rings is 1. The highest BCUT2D eigenvalue weighted by molar-refractivity contribution is 5.15. The van der Waals surface area contributed by atoms with Crippen LogP contribution in [-0.2, 0) is 6.54 Å². The van der Waals surface area contributed by atoms with Crippen LogP contribution in [-0.4, -0.2) is 21.4 Å². The minimum atomic E-state index is 0.457. The standard InChI is InChI=1S/C15H19N3/c1-12-10-16-15(17-12)14-8-5-9-18(14)11-13-6-3-2-4-7-13/h2-4,6-7,10,14H,5,8-9,11H2,1H3,(H,16,17)/t14-/m0/s1. The summed E-state index contributed by atoms with van der Waals surface area (Å²) in [4.78, 5) is 10.4. The Balaban J connectivity index is 1.75. The number of hydrogen-bond donors (Lipinski definition) is 1. The van der Waals surface area contributed by atoms with Gasteiger partial charge < -0.3 is 4.98 Å². The Morgan fingerprint density at radius 1 is 1.33 bits per heavy atom. The predicted octanol–water partition coefficient (Wildman–Crippen LogP) is 3.06. The number of rotatable bonds is 3. The molecule has 1 aromatic heterocycles. The molecule has 18 heavy (non-hydrogen) atoms. The van der Waals surface area contributed by atoms with Crippen molar-refractivity contribution < 1.29 is 0 Å². The van der Waals surface area contributed by atoms with Crippen molar-refractivity contribution in [3.63, 3.8) is 0 Å². The zero-order valence-corrected chi connectivity index (χ0v) is 10.8. The second kappa shape index (κ2) is 4.94. The van der Waals surface area contributed by atoms with Crippen LogP contribution in [0.2, 0.25) is 0 Å². The molecule has 1 saturated heterocycles. The van der Waals surface area contributed by atoms with Crippen LogP contribution >= 0.6 is 0 Å². The lowest BCUT2D eigenvalue weighted by Crippen LogP contribution is -2.23. The molecule has 3 rings (SSSR count). The van der Waals surface area contributed by atoms with E-state index in [0.29, 0.717) is 6.04 Å². The number of imidazole rings is 1.